The zero-order valence-electron chi connectivity index (χ0n) is 16.1. The Bertz CT molecular complexity index is 1000. The van der Waals surface area contributed by atoms with E-state index in [1.807, 2.05) is 69.3 Å². The number of ketones is 1. The molecule has 0 radical (unpaired) electrons. The molecular formula is C22H24N2O2S2. The quantitative estimate of drug-likeness (QED) is 0.225. The van der Waals surface area contributed by atoms with Crippen molar-refractivity contribution in [2.45, 2.75) is 36.8 Å². The van der Waals surface area contributed by atoms with E-state index >= 15 is 0 Å². The Morgan fingerprint density at radius 3 is 2.36 bits per heavy atom. The number of hydrogen-bond acceptors (Lipinski definition) is 4. The smallest absolute Gasteiger partial charge is 0.215 e. The van der Waals surface area contributed by atoms with Gasteiger partial charge in [0.25, 0.3) is 0 Å². The molecule has 0 saturated heterocycles. The molecule has 28 heavy (non-hydrogen) atoms. The van der Waals surface area contributed by atoms with Crippen molar-refractivity contribution >= 4 is 54.2 Å². The van der Waals surface area contributed by atoms with Gasteiger partial charge in [0.2, 0.25) is 6.41 Å². The summed E-state index contributed by atoms with van der Waals surface area (Å²) in [6.07, 6.45) is 0.973. The number of aromatic nitrogens is 1. The van der Waals surface area contributed by atoms with E-state index < -0.39 is 4.08 Å². The first-order valence-electron chi connectivity index (χ1n) is 9.03. The number of Topliss-reactive ketones (excluding diaryl/α,β-unsaturated/α-hetero) is 1. The highest BCUT2D eigenvalue weighted by molar-refractivity contribution is 7.99. The van der Waals surface area contributed by atoms with Crippen LogP contribution in [0.3, 0.4) is 0 Å². The second-order valence-electron chi connectivity index (χ2n) is 7.89. The number of H-pyrrole nitrogens is 1. The van der Waals surface area contributed by atoms with Crippen LogP contribution in [-0.2, 0) is 8.87 Å². The molecule has 6 heteroatoms. The van der Waals surface area contributed by atoms with Crippen molar-refractivity contribution in [2.75, 3.05) is 4.90 Å². The van der Waals surface area contributed by atoms with Crippen molar-refractivity contribution in [3.63, 3.8) is 0 Å². The third-order valence-electron chi connectivity index (χ3n) is 4.66. The summed E-state index contributed by atoms with van der Waals surface area (Å²) in [6, 6.07) is 16.9. The number of rotatable bonds is 6. The summed E-state index contributed by atoms with van der Waals surface area (Å²) < 4.78 is -0.850. The summed E-state index contributed by atoms with van der Waals surface area (Å²) in [5.41, 5.74) is 1.99. The molecule has 146 valence electrons. The van der Waals surface area contributed by atoms with Gasteiger partial charge in [0.1, 0.15) is 5.82 Å². The number of nitrogens with zero attached hydrogens (tertiary/aromatic N) is 1. The molecule has 0 atom stereocenters. The molecule has 3 rings (SSSR count). The minimum Gasteiger partial charge on any atom is -0.341 e. The van der Waals surface area contributed by atoms with E-state index in [0.717, 1.165) is 22.9 Å². The lowest BCUT2D eigenvalue weighted by molar-refractivity contribution is -0.108. The van der Waals surface area contributed by atoms with Gasteiger partial charge in [-0.2, -0.15) is 25.3 Å². The Morgan fingerprint density at radius 2 is 1.75 bits per heavy atom. The highest BCUT2D eigenvalue weighted by Crippen LogP contribution is 2.37. The number of hydrogen-bond donors (Lipinski definition) is 3. The van der Waals surface area contributed by atoms with Gasteiger partial charge in [0, 0.05) is 28.4 Å². The number of aromatic amines is 1. The molecule has 0 bridgehead atoms. The largest absolute Gasteiger partial charge is 0.341 e. The monoisotopic (exact) mass is 412 g/mol. The fourth-order valence-corrected chi connectivity index (χ4v) is 3.72. The second-order valence-corrected chi connectivity index (χ2v) is 9.77. The summed E-state index contributed by atoms with van der Waals surface area (Å²) >= 11 is 9.21. The highest BCUT2D eigenvalue weighted by atomic mass is 32.2. The SMILES string of the molecule is CC(C)(C)N(C=O)c1cc2cc(C(=O)CC(S)(S)c3ccccc3)ccc2[nH]1. The van der Waals surface area contributed by atoms with E-state index in [1.165, 1.54) is 0 Å². The zero-order chi connectivity index (χ0) is 20.5. The molecule has 0 spiro atoms. The topological polar surface area (TPSA) is 53.2 Å². The van der Waals surface area contributed by atoms with Crippen LogP contribution in [0.2, 0.25) is 0 Å². The maximum Gasteiger partial charge on any atom is 0.215 e. The van der Waals surface area contributed by atoms with Crippen molar-refractivity contribution in [1.29, 1.82) is 0 Å². The Morgan fingerprint density at radius 1 is 1.07 bits per heavy atom. The van der Waals surface area contributed by atoms with E-state index in [-0.39, 0.29) is 17.7 Å². The average molecular weight is 413 g/mol. The molecule has 0 aliphatic carbocycles. The van der Waals surface area contributed by atoms with Gasteiger partial charge in [-0.05, 0) is 50.6 Å². The van der Waals surface area contributed by atoms with Gasteiger partial charge in [0.15, 0.2) is 5.78 Å². The van der Waals surface area contributed by atoms with Gasteiger partial charge < -0.3 is 4.98 Å². The van der Waals surface area contributed by atoms with Gasteiger partial charge >= 0.3 is 0 Å². The normalized spacial score (nSPS) is 12.2. The van der Waals surface area contributed by atoms with Crippen LogP contribution in [0.5, 0.6) is 0 Å². The average Bonchev–Trinajstić information content (AvgIpc) is 3.03. The third kappa shape index (κ3) is 4.28. The van der Waals surface area contributed by atoms with Crippen LogP contribution < -0.4 is 4.90 Å². The van der Waals surface area contributed by atoms with E-state index in [1.54, 1.807) is 11.0 Å². The summed E-state index contributed by atoms with van der Waals surface area (Å²) in [4.78, 5) is 29.3. The maximum atomic E-state index is 12.9. The maximum absolute atomic E-state index is 12.9. The third-order valence-corrected chi connectivity index (χ3v) is 5.49. The number of fused-ring (bicyclic) bond motifs is 1. The number of nitrogens with one attached hydrogen (secondary N) is 1. The first-order chi connectivity index (χ1) is 13.1. The molecule has 4 nitrogen and oxygen atoms in total. The predicted molar refractivity (Wildman–Crippen MR) is 122 cm³/mol. The molecule has 0 fully saturated rings. The minimum atomic E-state index is -0.850. The molecular weight excluding hydrogens is 388 g/mol. The lowest BCUT2D eigenvalue weighted by atomic mass is 10.0. The zero-order valence-corrected chi connectivity index (χ0v) is 17.9. The van der Waals surface area contributed by atoms with Crippen molar-refractivity contribution in [3.05, 3.63) is 65.7 Å². The van der Waals surface area contributed by atoms with Gasteiger partial charge in [-0.1, -0.05) is 30.3 Å². The summed E-state index contributed by atoms with van der Waals surface area (Å²) in [6.45, 7) is 5.89. The van der Waals surface area contributed by atoms with Crippen molar-refractivity contribution in [2.24, 2.45) is 0 Å². The van der Waals surface area contributed by atoms with Gasteiger partial charge in [-0.15, -0.1) is 0 Å². The van der Waals surface area contributed by atoms with Crippen LogP contribution in [0.1, 0.15) is 43.1 Å². The van der Waals surface area contributed by atoms with Crippen LogP contribution in [0, 0.1) is 0 Å². The molecule has 2 aromatic carbocycles. The molecule has 1 heterocycles. The van der Waals surface area contributed by atoms with E-state index in [9.17, 15) is 9.59 Å². The molecule has 0 aliphatic rings. The summed E-state index contributed by atoms with van der Waals surface area (Å²) in [7, 11) is 0. The van der Waals surface area contributed by atoms with E-state index in [0.29, 0.717) is 11.4 Å². The van der Waals surface area contributed by atoms with Crippen LogP contribution >= 0.6 is 25.3 Å². The lowest BCUT2D eigenvalue weighted by Gasteiger charge is -2.30. The first kappa shape index (κ1) is 20.6. The molecule has 0 saturated carbocycles. The summed E-state index contributed by atoms with van der Waals surface area (Å²) in [5.74, 6) is 0.658. The standard InChI is InChI=1S/C22H24N2O2S2/c1-21(2,3)24(14-25)20-12-16-11-15(9-10-18(16)23-20)19(26)13-22(27,28)17-7-5-4-6-8-17/h4-12,14,23,27-28H,13H2,1-3H3. The van der Waals surface area contributed by atoms with Gasteiger partial charge in [-0.25, -0.2) is 0 Å². The number of thiol groups is 2. The minimum absolute atomic E-state index is 0.0402. The van der Waals surface area contributed by atoms with Crippen molar-refractivity contribution in [3.8, 4) is 0 Å². The lowest BCUT2D eigenvalue weighted by Crippen LogP contribution is -2.40. The first-order valence-corrected chi connectivity index (χ1v) is 9.92. The Kier molecular flexibility index (Phi) is 5.64. The fraction of sp³-hybridized carbons (Fsp3) is 0.273. The molecule has 0 unspecified atom stereocenters. The van der Waals surface area contributed by atoms with Crippen molar-refractivity contribution in [1.82, 2.24) is 4.98 Å². The predicted octanol–water partition coefficient (Wildman–Crippen LogP) is 5.21. The van der Waals surface area contributed by atoms with Crippen LogP contribution in [-0.4, -0.2) is 22.7 Å². The molecule has 1 aromatic heterocycles. The van der Waals surface area contributed by atoms with Crippen LogP contribution in [0.4, 0.5) is 5.82 Å². The van der Waals surface area contributed by atoms with Gasteiger partial charge in [0.05, 0.1) is 4.08 Å². The fourth-order valence-electron chi connectivity index (χ4n) is 3.13. The summed E-state index contributed by atoms with van der Waals surface area (Å²) in [5, 5.41) is 0.876. The second kappa shape index (κ2) is 7.68. The number of carbonyl (C=O) groups excluding carboxylic acids is 2. The Hall–Kier alpha value is -2.18. The molecule has 1 N–H and O–H groups in total. The van der Waals surface area contributed by atoms with Gasteiger partial charge in [-0.3, -0.25) is 14.5 Å². The Balaban J connectivity index is 1.88. The van der Waals surface area contributed by atoms with Crippen molar-refractivity contribution < 1.29 is 9.59 Å². The number of amides is 1. The van der Waals surface area contributed by atoms with Crippen LogP contribution in [0.25, 0.3) is 10.9 Å². The Labute approximate surface area is 176 Å². The van der Waals surface area contributed by atoms with Crippen LogP contribution in [0.15, 0.2) is 54.6 Å². The van der Waals surface area contributed by atoms with E-state index in [2.05, 4.69) is 30.2 Å². The number of anilines is 1. The molecule has 0 aliphatic heterocycles. The van der Waals surface area contributed by atoms with E-state index in [4.69, 9.17) is 0 Å². The number of benzene rings is 2. The highest BCUT2D eigenvalue weighted by Gasteiger charge is 2.27. The molecule has 3 aromatic rings. The molecule has 1 amide bonds. The number of carbonyl (C=O) groups is 2.